The first-order valence-electron chi connectivity index (χ1n) is 11.9. The van der Waals surface area contributed by atoms with E-state index in [0.717, 1.165) is 0 Å². The van der Waals surface area contributed by atoms with E-state index in [1.54, 1.807) is 16.7 Å². The Morgan fingerprint density at radius 1 is 0.423 bits per heavy atom. The van der Waals surface area contributed by atoms with Gasteiger partial charge in [-0.2, -0.15) is 0 Å². The number of aryl methyl sites for hydroxylation is 3. The molecule has 0 N–H and O–H groups in total. The van der Waals surface area contributed by atoms with Crippen LogP contribution in [0.2, 0.25) is 0 Å². The van der Waals surface area contributed by atoms with Crippen molar-refractivity contribution in [3.63, 3.8) is 0 Å². The van der Waals surface area contributed by atoms with Crippen LogP contribution in [0.15, 0.2) is 18.2 Å². The van der Waals surface area contributed by atoms with Crippen LogP contribution in [0.25, 0.3) is 0 Å². The summed E-state index contributed by atoms with van der Waals surface area (Å²) in [6.07, 6.45) is 23.4. The molecule has 0 nitrogen and oxygen atoms in total. The van der Waals surface area contributed by atoms with Crippen molar-refractivity contribution < 1.29 is 0 Å². The van der Waals surface area contributed by atoms with Crippen molar-refractivity contribution in [1.29, 1.82) is 0 Å². The molecule has 0 heterocycles. The second-order valence-electron chi connectivity index (χ2n) is 8.25. The summed E-state index contributed by atoms with van der Waals surface area (Å²) in [7, 11) is 0. The maximum Gasteiger partial charge on any atom is -0.0279 e. The number of hydrogen-bond acceptors (Lipinski definition) is 0. The lowest BCUT2D eigenvalue weighted by Crippen LogP contribution is -1.95. The molecule has 0 heteroatoms. The lowest BCUT2D eigenvalue weighted by molar-refractivity contribution is 0.587. The Labute approximate surface area is 165 Å². The van der Waals surface area contributed by atoms with Crippen LogP contribution in [0.5, 0.6) is 0 Å². The molecule has 0 spiro atoms. The summed E-state index contributed by atoms with van der Waals surface area (Å²) in [5.74, 6) is 0. The summed E-state index contributed by atoms with van der Waals surface area (Å²) >= 11 is 0. The Balaban J connectivity index is 2.28. The zero-order chi connectivity index (χ0) is 18.9. The third-order valence-electron chi connectivity index (χ3n) is 5.66. The van der Waals surface area contributed by atoms with Gasteiger partial charge in [-0.1, -0.05) is 116 Å². The SMILES string of the molecule is CCCCCCCCCc1cc(CC)cc(CCCCCCCCC)c1. The first-order chi connectivity index (χ1) is 12.8. The zero-order valence-corrected chi connectivity index (χ0v) is 18.3. The average Bonchev–Trinajstić information content (AvgIpc) is 2.66. The molecule has 0 amide bonds. The van der Waals surface area contributed by atoms with Gasteiger partial charge in [0.2, 0.25) is 0 Å². The van der Waals surface area contributed by atoms with Gasteiger partial charge in [0, 0.05) is 0 Å². The normalized spacial score (nSPS) is 11.2. The van der Waals surface area contributed by atoms with Gasteiger partial charge < -0.3 is 0 Å². The van der Waals surface area contributed by atoms with Crippen LogP contribution in [0.3, 0.4) is 0 Å². The van der Waals surface area contributed by atoms with E-state index >= 15 is 0 Å². The van der Waals surface area contributed by atoms with Gasteiger partial charge in [0.15, 0.2) is 0 Å². The highest BCUT2D eigenvalue weighted by Gasteiger charge is 2.02. The van der Waals surface area contributed by atoms with E-state index in [2.05, 4.69) is 39.0 Å². The van der Waals surface area contributed by atoms with Crippen LogP contribution in [0.1, 0.15) is 127 Å². The number of rotatable bonds is 17. The van der Waals surface area contributed by atoms with E-state index in [4.69, 9.17) is 0 Å². The van der Waals surface area contributed by atoms with Crippen molar-refractivity contribution in [3.8, 4) is 0 Å². The van der Waals surface area contributed by atoms with Crippen molar-refractivity contribution >= 4 is 0 Å². The van der Waals surface area contributed by atoms with Gasteiger partial charge in [0.1, 0.15) is 0 Å². The summed E-state index contributed by atoms with van der Waals surface area (Å²) in [6, 6.07) is 7.43. The fourth-order valence-electron chi connectivity index (χ4n) is 3.90. The minimum Gasteiger partial charge on any atom is -0.0654 e. The van der Waals surface area contributed by atoms with Gasteiger partial charge >= 0.3 is 0 Å². The quantitative estimate of drug-likeness (QED) is 0.244. The largest absolute Gasteiger partial charge is 0.0654 e. The average molecular weight is 359 g/mol. The van der Waals surface area contributed by atoms with Crippen molar-refractivity contribution in [2.24, 2.45) is 0 Å². The summed E-state index contributed by atoms with van der Waals surface area (Å²) in [4.78, 5) is 0. The fourth-order valence-corrected chi connectivity index (χ4v) is 3.90. The van der Waals surface area contributed by atoms with Crippen molar-refractivity contribution in [1.82, 2.24) is 0 Å². The van der Waals surface area contributed by atoms with Gasteiger partial charge in [0.05, 0.1) is 0 Å². The number of hydrogen-bond donors (Lipinski definition) is 0. The van der Waals surface area contributed by atoms with Gasteiger partial charge in [-0.3, -0.25) is 0 Å². The Hall–Kier alpha value is -0.780. The highest BCUT2D eigenvalue weighted by Crippen LogP contribution is 2.18. The molecule has 0 bridgehead atoms. The van der Waals surface area contributed by atoms with E-state index in [1.165, 1.54) is 109 Å². The molecule has 0 aromatic heterocycles. The highest BCUT2D eigenvalue weighted by molar-refractivity contribution is 5.30. The van der Waals surface area contributed by atoms with Crippen LogP contribution >= 0.6 is 0 Å². The Kier molecular flexibility index (Phi) is 14.7. The van der Waals surface area contributed by atoms with Crippen LogP contribution in [0, 0.1) is 0 Å². The maximum absolute atomic E-state index is 2.51. The van der Waals surface area contributed by atoms with Gasteiger partial charge in [-0.05, 0) is 48.8 Å². The predicted octanol–water partition coefficient (Wildman–Crippen LogP) is 8.84. The van der Waals surface area contributed by atoms with Gasteiger partial charge in [-0.15, -0.1) is 0 Å². The molecule has 1 aromatic rings. The topological polar surface area (TPSA) is 0 Å². The summed E-state index contributed by atoms with van der Waals surface area (Å²) in [5.41, 5.74) is 4.73. The van der Waals surface area contributed by atoms with Crippen LogP contribution < -0.4 is 0 Å². The molecule has 0 atom stereocenters. The molecule has 0 aliphatic heterocycles. The monoisotopic (exact) mass is 358 g/mol. The molecular formula is C26H46. The van der Waals surface area contributed by atoms with Crippen LogP contribution in [-0.2, 0) is 19.3 Å². The third-order valence-corrected chi connectivity index (χ3v) is 5.66. The third kappa shape index (κ3) is 11.8. The molecular weight excluding hydrogens is 312 g/mol. The second-order valence-corrected chi connectivity index (χ2v) is 8.25. The molecule has 0 fully saturated rings. The first-order valence-corrected chi connectivity index (χ1v) is 11.9. The molecule has 26 heavy (non-hydrogen) atoms. The summed E-state index contributed by atoms with van der Waals surface area (Å²) < 4.78 is 0. The standard InChI is InChI=1S/C26H46/c1-4-7-9-11-13-15-17-19-25-21-24(6-3)22-26(23-25)20-18-16-14-12-10-8-5-2/h21-23H,4-20H2,1-3H3. The summed E-state index contributed by atoms with van der Waals surface area (Å²) in [6.45, 7) is 6.89. The fraction of sp³-hybridized carbons (Fsp3) is 0.769. The Morgan fingerprint density at radius 3 is 1.15 bits per heavy atom. The van der Waals surface area contributed by atoms with Gasteiger partial charge in [-0.25, -0.2) is 0 Å². The highest BCUT2D eigenvalue weighted by atomic mass is 14.1. The minimum absolute atomic E-state index is 1.18. The Morgan fingerprint density at radius 2 is 0.769 bits per heavy atom. The van der Waals surface area contributed by atoms with Crippen molar-refractivity contribution in [3.05, 3.63) is 34.9 Å². The first kappa shape index (κ1) is 23.3. The number of unbranched alkanes of at least 4 members (excludes halogenated alkanes) is 12. The van der Waals surface area contributed by atoms with E-state index in [-0.39, 0.29) is 0 Å². The maximum atomic E-state index is 2.51. The molecule has 1 aromatic carbocycles. The van der Waals surface area contributed by atoms with Crippen LogP contribution in [0.4, 0.5) is 0 Å². The molecule has 0 aliphatic rings. The lowest BCUT2D eigenvalue weighted by atomic mass is 9.96. The molecule has 0 radical (unpaired) electrons. The minimum atomic E-state index is 1.18. The summed E-state index contributed by atoms with van der Waals surface area (Å²) in [5, 5.41) is 0. The van der Waals surface area contributed by atoms with Crippen LogP contribution in [-0.4, -0.2) is 0 Å². The Bertz CT molecular complexity index is 395. The molecule has 0 aliphatic carbocycles. The molecule has 1 rings (SSSR count). The molecule has 0 unspecified atom stereocenters. The van der Waals surface area contributed by atoms with E-state index < -0.39 is 0 Å². The van der Waals surface area contributed by atoms with Crippen molar-refractivity contribution in [2.75, 3.05) is 0 Å². The van der Waals surface area contributed by atoms with Gasteiger partial charge in [0.25, 0.3) is 0 Å². The molecule has 150 valence electrons. The van der Waals surface area contributed by atoms with Crippen molar-refractivity contribution in [2.45, 2.75) is 130 Å². The van der Waals surface area contributed by atoms with E-state index in [9.17, 15) is 0 Å². The molecule has 0 saturated carbocycles. The smallest absolute Gasteiger partial charge is 0.0279 e. The van der Waals surface area contributed by atoms with E-state index in [1.807, 2.05) is 0 Å². The zero-order valence-electron chi connectivity index (χ0n) is 18.3. The number of benzene rings is 1. The lowest BCUT2D eigenvalue weighted by Gasteiger charge is -2.10. The van der Waals surface area contributed by atoms with E-state index in [0.29, 0.717) is 0 Å². The predicted molar refractivity (Wildman–Crippen MR) is 119 cm³/mol. The second kappa shape index (κ2) is 16.4. The molecule has 0 saturated heterocycles.